The number of thiophene rings is 1. The van der Waals surface area contributed by atoms with Crippen LogP contribution in [0.15, 0.2) is 63.8 Å². The van der Waals surface area contributed by atoms with E-state index >= 15 is 0 Å². The van der Waals surface area contributed by atoms with Gasteiger partial charge in [0.15, 0.2) is 5.78 Å². The quantitative estimate of drug-likeness (QED) is 0.743. The highest BCUT2D eigenvalue weighted by atomic mass is 32.1. The summed E-state index contributed by atoms with van der Waals surface area (Å²) < 4.78 is 39.7. The summed E-state index contributed by atoms with van der Waals surface area (Å²) in [5.74, 6) is -0.618. The Balaban J connectivity index is 1.95. The summed E-state index contributed by atoms with van der Waals surface area (Å²) in [6, 6.07) is 8.72. The average molecular weight is 415 g/mol. The summed E-state index contributed by atoms with van der Waals surface area (Å²) in [7, 11) is 0. The van der Waals surface area contributed by atoms with Crippen molar-refractivity contribution in [1.82, 2.24) is 0 Å². The Kier molecular flexibility index (Phi) is 4.71. The van der Waals surface area contributed by atoms with Crippen molar-refractivity contribution in [2.45, 2.75) is 31.4 Å². The largest absolute Gasteiger partial charge is 0.416 e. The Bertz CT molecular complexity index is 1080. The summed E-state index contributed by atoms with van der Waals surface area (Å²) in [4.78, 5) is 14.3. The van der Waals surface area contributed by atoms with Crippen LogP contribution in [0.25, 0.3) is 0 Å². The molecule has 2 aromatic rings. The zero-order valence-corrected chi connectivity index (χ0v) is 16.0. The predicted octanol–water partition coefficient (Wildman–Crippen LogP) is 5.07. The Hall–Kier alpha value is -3.05. The third-order valence-electron chi connectivity index (χ3n) is 5.22. The van der Waals surface area contributed by atoms with Crippen molar-refractivity contribution < 1.29 is 18.0 Å². The van der Waals surface area contributed by atoms with Gasteiger partial charge >= 0.3 is 6.18 Å². The maximum absolute atomic E-state index is 13.2. The molecule has 1 aliphatic heterocycles. The molecule has 4 nitrogen and oxygen atoms in total. The van der Waals surface area contributed by atoms with Crippen LogP contribution in [-0.2, 0) is 11.0 Å². The normalized spacial score (nSPS) is 20.0. The van der Waals surface area contributed by atoms with Gasteiger partial charge in [0.1, 0.15) is 5.82 Å². The molecular formula is C21H16F3N3OS. The molecule has 1 unspecified atom stereocenters. The van der Waals surface area contributed by atoms with Crippen LogP contribution >= 0.6 is 11.3 Å². The molecule has 1 aromatic heterocycles. The zero-order valence-electron chi connectivity index (χ0n) is 15.2. The minimum atomic E-state index is -4.51. The summed E-state index contributed by atoms with van der Waals surface area (Å²) in [5, 5.41) is 13.5. The lowest BCUT2D eigenvalue weighted by molar-refractivity contribution is -0.137. The maximum atomic E-state index is 13.2. The van der Waals surface area contributed by atoms with Gasteiger partial charge in [0, 0.05) is 23.4 Å². The van der Waals surface area contributed by atoms with Crippen LogP contribution in [0.4, 0.5) is 18.9 Å². The van der Waals surface area contributed by atoms with E-state index in [0.29, 0.717) is 30.5 Å². The number of alkyl halides is 3. The van der Waals surface area contributed by atoms with Crippen molar-refractivity contribution in [3.05, 3.63) is 74.9 Å². The van der Waals surface area contributed by atoms with Crippen molar-refractivity contribution >= 4 is 22.8 Å². The van der Waals surface area contributed by atoms with E-state index in [-0.39, 0.29) is 22.9 Å². The molecule has 1 aliphatic carbocycles. The number of ketones is 1. The first-order valence-electron chi connectivity index (χ1n) is 8.98. The standard InChI is InChI=1S/C21H16F3N3OS/c22-21(23,24)13-3-1-4-14(9-13)27-16-5-2-6-17(28)19(16)18(12-7-8-29-11-12)15(10-25)20(27)26/h1,3-4,7-9,11,18H,2,5-6,26H2. The van der Waals surface area contributed by atoms with Gasteiger partial charge in [0.25, 0.3) is 0 Å². The summed E-state index contributed by atoms with van der Waals surface area (Å²) in [5.41, 5.74) is 7.71. The van der Waals surface area contributed by atoms with Gasteiger partial charge in [-0.3, -0.25) is 9.69 Å². The van der Waals surface area contributed by atoms with E-state index in [4.69, 9.17) is 5.73 Å². The van der Waals surface area contributed by atoms with Crippen molar-refractivity contribution in [2.75, 3.05) is 4.90 Å². The third-order valence-corrected chi connectivity index (χ3v) is 5.92. The second-order valence-corrected chi connectivity index (χ2v) is 7.70. The van der Waals surface area contributed by atoms with Gasteiger partial charge in [-0.25, -0.2) is 0 Å². The SMILES string of the molecule is N#CC1=C(N)N(c2cccc(C(F)(F)F)c2)C2=C(C(=O)CCC2)C1c1ccsc1. The predicted molar refractivity (Wildman–Crippen MR) is 104 cm³/mol. The Labute approximate surface area is 169 Å². The molecule has 0 amide bonds. The average Bonchev–Trinajstić information content (AvgIpc) is 3.21. The molecule has 2 N–H and O–H groups in total. The minimum absolute atomic E-state index is 0.0662. The molecule has 0 radical (unpaired) electrons. The number of Topliss-reactive ketones (excluding diaryl/α,β-unsaturated/α-hetero) is 1. The number of halogens is 3. The number of nitrogens with two attached hydrogens (primary N) is 1. The summed E-state index contributed by atoms with van der Waals surface area (Å²) in [6.45, 7) is 0. The van der Waals surface area contributed by atoms with E-state index in [1.807, 2.05) is 16.8 Å². The number of hydrogen-bond donors (Lipinski definition) is 1. The molecule has 0 fully saturated rings. The molecule has 2 aliphatic rings. The minimum Gasteiger partial charge on any atom is -0.384 e. The lowest BCUT2D eigenvalue weighted by atomic mass is 9.76. The molecule has 0 saturated heterocycles. The van der Waals surface area contributed by atoms with Crippen LogP contribution in [0.3, 0.4) is 0 Å². The number of benzene rings is 1. The van der Waals surface area contributed by atoms with Gasteiger partial charge in [-0.15, -0.1) is 0 Å². The number of carbonyl (C=O) groups is 1. The smallest absolute Gasteiger partial charge is 0.384 e. The van der Waals surface area contributed by atoms with Crippen LogP contribution in [0, 0.1) is 11.3 Å². The number of nitrogens with zero attached hydrogens (tertiary/aromatic N) is 2. The van der Waals surface area contributed by atoms with Gasteiger partial charge in [0.05, 0.1) is 23.1 Å². The summed E-state index contributed by atoms with van der Waals surface area (Å²) in [6.07, 6.45) is -3.09. The number of nitriles is 1. The van der Waals surface area contributed by atoms with E-state index in [9.17, 15) is 23.2 Å². The maximum Gasteiger partial charge on any atom is 0.416 e. The Morgan fingerprint density at radius 1 is 1.24 bits per heavy atom. The molecule has 29 heavy (non-hydrogen) atoms. The molecule has 8 heteroatoms. The number of anilines is 1. The number of carbonyl (C=O) groups excluding carboxylic acids is 1. The van der Waals surface area contributed by atoms with Crippen molar-refractivity contribution in [3.8, 4) is 6.07 Å². The van der Waals surface area contributed by atoms with Crippen molar-refractivity contribution in [2.24, 2.45) is 5.73 Å². The van der Waals surface area contributed by atoms with E-state index in [1.54, 1.807) is 0 Å². The van der Waals surface area contributed by atoms with Crippen molar-refractivity contribution in [3.63, 3.8) is 0 Å². The van der Waals surface area contributed by atoms with E-state index in [0.717, 1.165) is 17.7 Å². The molecule has 1 atom stereocenters. The summed E-state index contributed by atoms with van der Waals surface area (Å²) >= 11 is 1.44. The third kappa shape index (κ3) is 3.21. The first-order chi connectivity index (χ1) is 13.8. The van der Waals surface area contributed by atoms with Gasteiger partial charge in [-0.05, 0) is 53.4 Å². The fourth-order valence-electron chi connectivity index (χ4n) is 3.98. The molecule has 0 spiro atoms. The van der Waals surface area contributed by atoms with Gasteiger partial charge in [0.2, 0.25) is 0 Å². The van der Waals surface area contributed by atoms with Crippen LogP contribution < -0.4 is 10.6 Å². The molecule has 0 bridgehead atoms. The number of hydrogen-bond acceptors (Lipinski definition) is 5. The highest BCUT2D eigenvalue weighted by Gasteiger charge is 2.41. The van der Waals surface area contributed by atoms with E-state index < -0.39 is 17.7 Å². The van der Waals surface area contributed by atoms with Gasteiger partial charge in [-0.2, -0.15) is 29.8 Å². The van der Waals surface area contributed by atoms with Crippen LogP contribution in [0.2, 0.25) is 0 Å². The monoisotopic (exact) mass is 415 g/mol. The highest BCUT2D eigenvalue weighted by Crippen LogP contribution is 2.47. The Morgan fingerprint density at radius 2 is 2.03 bits per heavy atom. The lowest BCUT2D eigenvalue weighted by Crippen LogP contribution is -2.38. The number of rotatable bonds is 2. The Morgan fingerprint density at radius 3 is 2.69 bits per heavy atom. The van der Waals surface area contributed by atoms with Crippen LogP contribution in [-0.4, -0.2) is 5.78 Å². The molecular weight excluding hydrogens is 399 g/mol. The first-order valence-corrected chi connectivity index (χ1v) is 9.92. The fourth-order valence-corrected chi connectivity index (χ4v) is 4.66. The molecule has 0 saturated carbocycles. The highest BCUT2D eigenvalue weighted by molar-refractivity contribution is 7.08. The lowest BCUT2D eigenvalue weighted by Gasteiger charge is -2.39. The second kappa shape index (κ2) is 7.08. The molecule has 1 aromatic carbocycles. The van der Waals surface area contributed by atoms with Crippen molar-refractivity contribution in [1.29, 1.82) is 5.26 Å². The molecule has 2 heterocycles. The van der Waals surface area contributed by atoms with E-state index in [2.05, 4.69) is 6.07 Å². The zero-order chi connectivity index (χ0) is 20.8. The van der Waals surface area contributed by atoms with Gasteiger partial charge in [-0.1, -0.05) is 6.07 Å². The molecule has 148 valence electrons. The first kappa shape index (κ1) is 19.3. The second-order valence-electron chi connectivity index (χ2n) is 6.92. The van der Waals surface area contributed by atoms with Crippen LogP contribution in [0.1, 0.15) is 36.3 Å². The fraction of sp³-hybridized carbons (Fsp3) is 0.238. The number of allylic oxidation sites excluding steroid dienone is 3. The molecule has 4 rings (SSSR count). The van der Waals surface area contributed by atoms with Crippen LogP contribution in [0.5, 0.6) is 0 Å². The van der Waals surface area contributed by atoms with E-state index in [1.165, 1.54) is 28.4 Å². The topological polar surface area (TPSA) is 70.1 Å². The van der Waals surface area contributed by atoms with Gasteiger partial charge < -0.3 is 5.73 Å².